The molecule has 0 fully saturated rings. The highest BCUT2D eigenvalue weighted by molar-refractivity contribution is 5.83. The molecule has 0 spiro atoms. The molecule has 3 unspecified atom stereocenters. The van der Waals surface area contributed by atoms with Crippen LogP contribution in [-0.2, 0) is 4.79 Å². The molecule has 1 aliphatic rings. The first-order chi connectivity index (χ1) is 11.6. The topological polar surface area (TPSA) is 37.3 Å². The Morgan fingerprint density at radius 1 is 0.792 bits per heavy atom. The molecule has 138 valence electrons. The summed E-state index contributed by atoms with van der Waals surface area (Å²) < 4.78 is 0. The van der Waals surface area contributed by atoms with E-state index in [9.17, 15) is 9.90 Å². The summed E-state index contributed by atoms with van der Waals surface area (Å²) in [5.74, 6) is 0.478. The van der Waals surface area contributed by atoms with E-state index in [1.165, 1.54) is 51.4 Å². The van der Waals surface area contributed by atoms with Gasteiger partial charge in [-0.25, -0.2) is 0 Å². The van der Waals surface area contributed by atoms with Crippen molar-refractivity contribution in [3.8, 4) is 0 Å². The van der Waals surface area contributed by atoms with Gasteiger partial charge in [0.05, 0.1) is 0 Å². The summed E-state index contributed by atoms with van der Waals surface area (Å²) in [4.78, 5) is 12.1. The highest BCUT2D eigenvalue weighted by Gasteiger charge is 2.18. The van der Waals surface area contributed by atoms with Gasteiger partial charge in [-0.05, 0) is 43.9 Å². The van der Waals surface area contributed by atoms with Crippen LogP contribution in [0.5, 0.6) is 0 Å². The number of ketones is 1. The van der Waals surface area contributed by atoms with E-state index in [4.69, 9.17) is 0 Å². The third-order valence-electron chi connectivity index (χ3n) is 4.91. The number of carbonyl (C=O) groups is 1. The highest BCUT2D eigenvalue weighted by atomic mass is 16.3. The molecule has 0 aromatic heterocycles. The largest absolute Gasteiger partial charge is 0.385 e. The van der Waals surface area contributed by atoms with Crippen molar-refractivity contribution in [2.75, 3.05) is 0 Å². The molecule has 0 bridgehead atoms. The Morgan fingerprint density at radius 2 is 1.25 bits per heavy atom. The summed E-state index contributed by atoms with van der Waals surface area (Å²) >= 11 is 0. The molecule has 0 saturated carbocycles. The van der Waals surface area contributed by atoms with Crippen molar-refractivity contribution >= 4 is 5.78 Å². The van der Waals surface area contributed by atoms with Crippen LogP contribution in [0.3, 0.4) is 0 Å². The lowest BCUT2D eigenvalue weighted by Gasteiger charge is -2.14. The van der Waals surface area contributed by atoms with Gasteiger partial charge in [-0.15, -0.1) is 0 Å². The number of hydrogen-bond donors (Lipinski definition) is 1. The van der Waals surface area contributed by atoms with Gasteiger partial charge in [0.25, 0.3) is 0 Å². The van der Waals surface area contributed by atoms with Crippen LogP contribution in [0.15, 0.2) is 24.3 Å². The lowest BCUT2D eigenvalue weighted by atomic mass is 9.94. The van der Waals surface area contributed by atoms with Crippen molar-refractivity contribution in [1.29, 1.82) is 0 Å². The third-order valence-corrected chi connectivity index (χ3v) is 4.91. The van der Waals surface area contributed by atoms with Crippen LogP contribution in [0, 0.1) is 11.8 Å². The van der Waals surface area contributed by atoms with Crippen LogP contribution in [0.1, 0.15) is 90.9 Å². The summed E-state index contributed by atoms with van der Waals surface area (Å²) in [5, 5.41) is 10.1. The predicted octanol–water partition coefficient (Wildman–Crippen LogP) is 6.00. The Hall–Kier alpha value is -0.890. The molecule has 0 aromatic carbocycles. The molecule has 0 aromatic rings. The molecule has 24 heavy (non-hydrogen) atoms. The Kier molecular flexibility index (Phi) is 11.8. The quantitative estimate of drug-likeness (QED) is 0.552. The van der Waals surface area contributed by atoms with E-state index in [0.717, 1.165) is 12.8 Å². The van der Waals surface area contributed by atoms with E-state index in [-0.39, 0.29) is 17.6 Å². The normalized spacial score (nSPS) is 30.1. The Labute approximate surface area is 149 Å². The molecule has 1 aliphatic carbocycles. The second kappa shape index (κ2) is 13.4. The zero-order valence-corrected chi connectivity index (χ0v) is 15.9. The first-order valence-corrected chi connectivity index (χ1v) is 10.1. The minimum atomic E-state index is -0.814. The molecule has 1 rings (SSSR count). The maximum Gasteiger partial charge on any atom is 0.161 e. The Balaban J connectivity index is 2.48. The van der Waals surface area contributed by atoms with Crippen molar-refractivity contribution in [3.63, 3.8) is 0 Å². The molecule has 1 N–H and O–H groups in total. The van der Waals surface area contributed by atoms with Crippen molar-refractivity contribution in [2.45, 2.75) is 97.0 Å². The lowest BCUT2D eigenvalue weighted by molar-refractivity contribution is -0.128. The average Bonchev–Trinajstić information content (AvgIpc) is 2.54. The average molecular weight is 335 g/mol. The lowest BCUT2D eigenvalue weighted by Crippen LogP contribution is -2.23. The minimum absolute atomic E-state index is 0.0122. The van der Waals surface area contributed by atoms with Crippen LogP contribution in [0.2, 0.25) is 0 Å². The Bertz CT molecular complexity index is 383. The van der Waals surface area contributed by atoms with Gasteiger partial charge in [-0.2, -0.15) is 0 Å². The van der Waals surface area contributed by atoms with E-state index in [2.05, 4.69) is 38.2 Å². The Morgan fingerprint density at radius 3 is 1.79 bits per heavy atom. The molecule has 3 atom stereocenters. The maximum atomic E-state index is 12.1. The molecule has 0 aliphatic heterocycles. The second-order valence-corrected chi connectivity index (χ2v) is 7.64. The van der Waals surface area contributed by atoms with E-state index in [1.54, 1.807) is 0 Å². The number of aliphatic hydroxyl groups is 1. The van der Waals surface area contributed by atoms with E-state index < -0.39 is 6.10 Å². The molecular weight excluding hydrogens is 296 g/mol. The first-order valence-electron chi connectivity index (χ1n) is 10.1. The summed E-state index contributed by atoms with van der Waals surface area (Å²) in [5.41, 5.74) is 0. The van der Waals surface area contributed by atoms with Crippen LogP contribution in [0.25, 0.3) is 0 Å². The zero-order valence-electron chi connectivity index (χ0n) is 15.9. The zero-order chi connectivity index (χ0) is 17.6. The molecule has 0 saturated heterocycles. The van der Waals surface area contributed by atoms with Crippen molar-refractivity contribution in [3.05, 3.63) is 24.3 Å². The van der Waals surface area contributed by atoms with Crippen molar-refractivity contribution in [1.82, 2.24) is 0 Å². The van der Waals surface area contributed by atoms with Gasteiger partial charge in [0.15, 0.2) is 5.78 Å². The first kappa shape index (κ1) is 21.2. The molecule has 0 radical (unpaired) electrons. The fraction of sp³-hybridized carbons (Fsp3) is 0.773. The molecule has 0 heterocycles. The molecular formula is C22H38O2. The van der Waals surface area contributed by atoms with E-state index in [1.807, 2.05) is 0 Å². The van der Waals surface area contributed by atoms with E-state index >= 15 is 0 Å². The summed E-state index contributed by atoms with van der Waals surface area (Å²) in [7, 11) is 0. The molecule has 2 heteroatoms. The summed E-state index contributed by atoms with van der Waals surface area (Å²) in [6.07, 6.45) is 21.8. The van der Waals surface area contributed by atoms with Crippen LogP contribution < -0.4 is 0 Å². The number of rotatable bonds is 0. The van der Waals surface area contributed by atoms with Gasteiger partial charge in [0.1, 0.15) is 6.10 Å². The summed E-state index contributed by atoms with van der Waals surface area (Å²) in [6, 6.07) is 0. The van der Waals surface area contributed by atoms with Crippen LogP contribution in [-0.4, -0.2) is 17.0 Å². The fourth-order valence-electron chi connectivity index (χ4n) is 3.33. The molecule has 2 nitrogen and oxygen atoms in total. The SMILES string of the molecule is CC1C=CCCCCCCCCCCC=CC(C)CC(O)C(=O)C1. The second-order valence-electron chi connectivity index (χ2n) is 7.64. The third kappa shape index (κ3) is 10.8. The molecule has 0 amide bonds. The van der Waals surface area contributed by atoms with Crippen molar-refractivity contribution in [2.24, 2.45) is 11.8 Å². The van der Waals surface area contributed by atoms with Crippen molar-refractivity contribution < 1.29 is 9.90 Å². The monoisotopic (exact) mass is 334 g/mol. The number of Topliss-reactive ketones (excluding diaryl/α,β-unsaturated/α-hetero) is 1. The van der Waals surface area contributed by atoms with E-state index in [0.29, 0.717) is 12.8 Å². The van der Waals surface area contributed by atoms with Crippen LogP contribution >= 0.6 is 0 Å². The number of hydrogen-bond acceptors (Lipinski definition) is 2. The smallest absolute Gasteiger partial charge is 0.161 e. The fourth-order valence-corrected chi connectivity index (χ4v) is 3.33. The number of allylic oxidation sites excluding steroid dienone is 4. The maximum absolute atomic E-state index is 12.1. The standard InChI is InChI=1S/C22H38O2/c1-19-15-13-11-9-7-5-3-4-6-8-10-12-14-16-20(2)18-22(24)21(23)17-19/h13-16,19-21,23H,3-12,17-18H2,1-2H3. The summed E-state index contributed by atoms with van der Waals surface area (Å²) in [6.45, 7) is 4.15. The van der Waals surface area contributed by atoms with Gasteiger partial charge in [-0.3, -0.25) is 4.79 Å². The van der Waals surface area contributed by atoms with Gasteiger partial charge in [0, 0.05) is 6.42 Å². The van der Waals surface area contributed by atoms with Gasteiger partial charge < -0.3 is 5.11 Å². The van der Waals surface area contributed by atoms with Crippen LogP contribution in [0.4, 0.5) is 0 Å². The van der Waals surface area contributed by atoms with Gasteiger partial charge in [-0.1, -0.05) is 76.7 Å². The minimum Gasteiger partial charge on any atom is -0.385 e. The highest BCUT2D eigenvalue weighted by Crippen LogP contribution is 2.16. The number of carbonyl (C=O) groups excluding carboxylic acids is 1. The van der Waals surface area contributed by atoms with Gasteiger partial charge in [0.2, 0.25) is 0 Å². The van der Waals surface area contributed by atoms with Gasteiger partial charge >= 0.3 is 0 Å². The number of aliphatic hydroxyl groups excluding tert-OH is 1. The predicted molar refractivity (Wildman–Crippen MR) is 103 cm³/mol.